The van der Waals surface area contributed by atoms with Gasteiger partial charge in [0.25, 0.3) is 5.91 Å². The minimum absolute atomic E-state index is 0.0782. The van der Waals surface area contributed by atoms with Gasteiger partial charge < -0.3 is 15.4 Å². The molecule has 0 aliphatic carbocycles. The van der Waals surface area contributed by atoms with Crippen molar-refractivity contribution < 1.29 is 14.3 Å². The molecular weight excluding hydrogens is 364 g/mol. The minimum atomic E-state index is -0.271. The molecule has 0 radical (unpaired) electrons. The molecule has 0 aliphatic rings. The largest absolute Gasteiger partial charge is 0.489 e. The van der Waals surface area contributed by atoms with Crippen molar-refractivity contribution in [3.05, 3.63) is 90.0 Å². The molecule has 3 rings (SSSR count). The second-order valence-electron chi connectivity index (χ2n) is 6.60. The third kappa shape index (κ3) is 5.94. The van der Waals surface area contributed by atoms with Crippen molar-refractivity contribution in [2.75, 3.05) is 10.6 Å². The molecule has 0 aliphatic heterocycles. The number of hydrogen-bond donors (Lipinski definition) is 2. The fourth-order valence-corrected chi connectivity index (χ4v) is 2.80. The number of nitrogens with one attached hydrogen (secondary N) is 2. The maximum absolute atomic E-state index is 12.7. The normalized spacial score (nSPS) is 10.2. The van der Waals surface area contributed by atoms with Crippen molar-refractivity contribution in [1.82, 2.24) is 0 Å². The summed E-state index contributed by atoms with van der Waals surface area (Å²) in [7, 11) is 0. The predicted octanol–water partition coefficient (Wildman–Crippen LogP) is 5.26. The second kappa shape index (κ2) is 10.1. The number of benzene rings is 3. The van der Waals surface area contributed by atoms with E-state index in [2.05, 4.69) is 10.6 Å². The molecule has 0 fully saturated rings. The molecule has 5 heteroatoms. The van der Waals surface area contributed by atoms with E-state index in [4.69, 9.17) is 4.74 Å². The molecule has 0 saturated carbocycles. The standard InChI is InChI=1S/C24H24N2O3/c1-2-9-23(27)25-21-14-6-7-15-22(21)26-24(28)19-12-8-13-20(16-19)29-17-18-10-4-3-5-11-18/h3-8,10-16H,2,9,17H2,1H3,(H,25,27)(H,26,28). The molecule has 148 valence electrons. The van der Waals surface area contributed by atoms with Crippen LogP contribution in [0.2, 0.25) is 0 Å². The highest BCUT2D eigenvalue weighted by atomic mass is 16.5. The summed E-state index contributed by atoms with van der Waals surface area (Å²) in [6, 6.07) is 24.0. The molecule has 29 heavy (non-hydrogen) atoms. The van der Waals surface area contributed by atoms with Crippen LogP contribution >= 0.6 is 0 Å². The number of ether oxygens (including phenoxy) is 1. The summed E-state index contributed by atoms with van der Waals surface area (Å²) >= 11 is 0. The number of carbonyl (C=O) groups is 2. The summed E-state index contributed by atoms with van der Waals surface area (Å²) in [6.45, 7) is 2.37. The fraction of sp³-hybridized carbons (Fsp3) is 0.167. The average Bonchev–Trinajstić information content (AvgIpc) is 2.75. The molecule has 5 nitrogen and oxygen atoms in total. The Balaban J connectivity index is 1.67. The van der Waals surface area contributed by atoms with E-state index in [9.17, 15) is 9.59 Å². The topological polar surface area (TPSA) is 67.4 Å². The van der Waals surface area contributed by atoms with Crippen molar-refractivity contribution in [1.29, 1.82) is 0 Å². The lowest BCUT2D eigenvalue weighted by atomic mass is 10.2. The van der Waals surface area contributed by atoms with Gasteiger partial charge in [0.2, 0.25) is 5.91 Å². The number of rotatable bonds is 8. The quantitative estimate of drug-likeness (QED) is 0.553. The van der Waals surface area contributed by atoms with E-state index in [1.54, 1.807) is 30.3 Å². The number of hydrogen-bond acceptors (Lipinski definition) is 3. The second-order valence-corrected chi connectivity index (χ2v) is 6.60. The molecule has 3 aromatic carbocycles. The van der Waals surface area contributed by atoms with Crippen LogP contribution in [0.1, 0.15) is 35.7 Å². The molecule has 0 bridgehead atoms. The number of para-hydroxylation sites is 2. The third-order valence-electron chi connectivity index (χ3n) is 4.27. The van der Waals surface area contributed by atoms with Crippen LogP contribution < -0.4 is 15.4 Å². The highest BCUT2D eigenvalue weighted by molar-refractivity contribution is 6.07. The van der Waals surface area contributed by atoms with Crippen molar-refractivity contribution in [3.8, 4) is 5.75 Å². The van der Waals surface area contributed by atoms with Gasteiger partial charge in [-0.1, -0.05) is 55.5 Å². The van der Waals surface area contributed by atoms with E-state index < -0.39 is 0 Å². The van der Waals surface area contributed by atoms with Crippen molar-refractivity contribution >= 4 is 23.2 Å². The Labute approximate surface area is 170 Å². The lowest BCUT2D eigenvalue weighted by Crippen LogP contribution is -2.16. The highest BCUT2D eigenvalue weighted by Crippen LogP contribution is 2.23. The fourth-order valence-electron chi connectivity index (χ4n) is 2.80. The van der Waals surface area contributed by atoms with Gasteiger partial charge >= 0.3 is 0 Å². The first-order valence-electron chi connectivity index (χ1n) is 9.62. The van der Waals surface area contributed by atoms with Crippen LogP contribution in [0.5, 0.6) is 5.75 Å². The third-order valence-corrected chi connectivity index (χ3v) is 4.27. The summed E-state index contributed by atoms with van der Waals surface area (Å²) in [5, 5.41) is 5.71. The van der Waals surface area contributed by atoms with E-state index in [-0.39, 0.29) is 11.8 Å². The lowest BCUT2D eigenvalue weighted by Gasteiger charge is -2.13. The Hall–Kier alpha value is -3.60. The molecule has 0 aromatic heterocycles. The summed E-state index contributed by atoms with van der Waals surface area (Å²) in [6.07, 6.45) is 1.19. The number of carbonyl (C=O) groups excluding carboxylic acids is 2. The Kier molecular flexibility index (Phi) is 7.00. The first-order valence-corrected chi connectivity index (χ1v) is 9.62. The van der Waals surface area contributed by atoms with Gasteiger partial charge in [0.1, 0.15) is 12.4 Å². The van der Waals surface area contributed by atoms with E-state index in [1.165, 1.54) is 0 Å². The van der Waals surface area contributed by atoms with Crippen molar-refractivity contribution in [2.45, 2.75) is 26.4 Å². The van der Waals surface area contributed by atoms with E-state index >= 15 is 0 Å². The molecule has 0 unspecified atom stereocenters. The van der Waals surface area contributed by atoms with Crippen LogP contribution in [0.25, 0.3) is 0 Å². The highest BCUT2D eigenvalue weighted by Gasteiger charge is 2.11. The van der Waals surface area contributed by atoms with Crippen molar-refractivity contribution in [3.63, 3.8) is 0 Å². The molecular formula is C24H24N2O3. The lowest BCUT2D eigenvalue weighted by molar-refractivity contribution is -0.116. The summed E-state index contributed by atoms with van der Waals surface area (Å²) in [4.78, 5) is 24.6. The molecule has 0 heterocycles. The van der Waals surface area contributed by atoms with Crippen LogP contribution in [-0.2, 0) is 11.4 Å². The maximum atomic E-state index is 12.7. The molecule has 2 amide bonds. The summed E-state index contributed by atoms with van der Waals surface area (Å²) in [5.74, 6) is 0.267. The zero-order chi connectivity index (χ0) is 20.5. The number of amides is 2. The van der Waals surface area contributed by atoms with Gasteiger partial charge in [-0.15, -0.1) is 0 Å². The van der Waals surface area contributed by atoms with Gasteiger partial charge in [-0.3, -0.25) is 9.59 Å². The molecule has 2 N–H and O–H groups in total. The number of anilines is 2. The Morgan fingerprint density at radius 2 is 1.52 bits per heavy atom. The van der Waals surface area contributed by atoms with E-state index in [0.717, 1.165) is 12.0 Å². The Morgan fingerprint density at radius 1 is 0.828 bits per heavy atom. The zero-order valence-corrected chi connectivity index (χ0v) is 16.4. The van der Waals surface area contributed by atoms with Crippen LogP contribution in [0.4, 0.5) is 11.4 Å². The first kappa shape index (κ1) is 20.1. The summed E-state index contributed by atoms with van der Waals surface area (Å²) in [5.41, 5.74) is 2.66. The van der Waals surface area contributed by atoms with E-state index in [1.807, 2.05) is 55.5 Å². The van der Waals surface area contributed by atoms with Crippen LogP contribution in [0.15, 0.2) is 78.9 Å². The van der Waals surface area contributed by atoms with Gasteiger partial charge in [-0.05, 0) is 42.3 Å². The molecule has 0 saturated heterocycles. The smallest absolute Gasteiger partial charge is 0.255 e. The van der Waals surface area contributed by atoms with Gasteiger partial charge in [-0.25, -0.2) is 0 Å². The van der Waals surface area contributed by atoms with Gasteiger partial charge in [0, 0.05) is 12.0 Å². The summed E-state index contributed by atoms with van der Waals surface area (Å²) < 4.78 is 5.80. The Morgan fingerprint density at radius 3 is 2.24 bits per heavy atom. The van der Waals surface area contributed by atoms with Gasteiger partial charge in [0.15, 0.2) is 0 Å². The van der Waals surface area contributed by atoms with Crippen LogP contribution in [0, 0.1) is 0 Å². The molecule has 0 atom stereocenters. The monoisotopic (exact) mass is 388 g/mol. The molecule has 3 aromatic rings. The predicted molar refractivity (Wildman–Crippen MR) is 115 cm³/mol. The SMILES string of the molecule is CCCC(=O)Nc1ccccc1NC(=O)c1cccc(OCc2ccccc2)c1. The minimum Gasteiger partial charge on any atom is -0.489 e. The van der Waals surface area contributed by atoms with Crippen LogP contribution in [0.3, 0.4) is 0 Å². The van der Waals surface area contributed by atoms with Crippen molar-refractivity contribution in [2.24, 2.45) is 0 Å². The average molecular weight is 388 g/mol. The first-order chi connectivity index (χ1) is 14.2. The van der Waals surface area contributed by atoms with Crippen LogP contribution in [-0.4, -0.2) is 11.8 Å². The maximum Gasteiger partial charge on any atom is 0.255 e. The molecule has 0 spiro atoms. The van der Waals surface area contributed by atoms with E-state index in [0.29, 0.717) is 35.7 Å². The van der Waals surface area contributed by atoms with Gasteiger partial charge in [-0.2, -0.15) is 0 Å². The van der Waals surface area contributed by atoms with Gasteiger partial charge in [0.05, 0.1) is 11.4 Å². The Bertz CT molecular complexity index is 971. The zero-order valence-electron chi connectivity index (χ0n) is 16.4.